The molecule has 1 atom stereocenters. The van der Waals surface area contributed by atoms with Gasteiger partial charge in [-0.05, 0) is 42.8 Å². The molecule has 0 aromatic carbocycles. The van der Waals surface area contributed by atoms with Gasteiger partial charge in [-0.1, -0.05) is 13.8 Å². The number of likely N-dealkylation sites (tertiary alicyclic amines) is 1. The molecule has 2 fully saturated rings. The Morgan fingerprint density at radius 1 is 1.50 bits per heavy atom. The number of nitrogens with zero attached hydrogens (tertiary/aromatic N) is 1. The molecule has 1 saturated carbocycles. The molecule has 16 heavy (non-hydrogen) atoms. The van der Waals surface area contributed by atoms with Gasteiger partial charge in [0.1, 0.15) is 0 Å². The Kier molecular flexibility index (Phi) is 3.53. The number of rotatable bonds is 4. The molecule has 0 N–H and O–H groups in total. The average Bonchev–Trinajstić information content (AvgIpc) is 2.83. The number of carbonyl (C=O) groups excluding carboxylic acids is 1. The summed E-state index contributed by atoms with van der Waals surface area (Å²) in [6.07, 6.45) is 5.50. The van der Waals surface area contributed by atoms with E-state index in [2.05, 4.69) is 31.4 Å². The minimum absolute atomic E-state index is 0.268. The van der Waals surface area contributed by atoms with Gasteiger partial charge in [0, 0.05) is 19.0 Å². The highest BCUT2D eigenvalue weighted by Gasteiger charge is 2.45. The van der Waals surface area contributed by atoms with Crippen LogP contribution in [0.5, 0.6) is 0 Å². The Hall–Kier alpha value is -0.180. The van der Waals surface area contributed by atoms with Crippen molar-refractivity contribution in [2.24, 2.45) is 11.3 Å². The van der Waals surface area contributed by atoms with E-state index in [1.54, 1.807) is 0 Å². The Morgan fingerprint density at radius 2 is 2.19 bits per heavy atom. The van der Waals surface area contributed by atoms with Crippen LogP contribution in [0.3, 0.4) is 0 Å². The van der Waals surface area contributed by atoms with Crippen LogP contribution in [0, 0.1) is 11.3 Å². The molecule has 0 aromatic heterocycles. The van der Waals surface area contributed by atoms with E-state index in [-0.39, 0.29) is 5.41 Å². The predicted octanol–water partition coefficient (Wildman–Crippen LogP) is 2.73. The molecule has 2 nitrogen and oxygen atoms in total. The summed E-state index contributed by atoms with van der Waals surface area (Å²) >= 11 is 4.37. The summed E-state index contributed by atoms with van der Waals surface area (Å²) in [5, 5.41) is 0. The highest BCUT2D eigenvalue weighted by Crippen LogP contribution is 2.50. The fraction of sp³-hybridized carbons (Fsp3) is 0.923. The van der Waals surface area contributed by atoms with Gasteiger partial charge in [-0.15, -0.1) is 0 Å². The van der Waals surface area contributed by atoms with Gasteiger partial charge in [-0.25, -0.2) is 0 Å². The van der Waals surface area contributed by atoms with Crippen LogP contribution in [0.25, 0.3) is 0 Å². The van der Waals surface area contributed by atoms with Crippen molar-refractivity contribution in [3.8, 4) is 0 Å². The Balaban J connectivity index is 1.93. The van der Waals surface area contributed by atoms with Crippen LogP contribution >= 0.6 is 12.6 Å². The van der Waals surface area contributed by atoms with E-state index in [9.17, 15) is 4.79 Å². The van der Waals surface area contributed by atoms with Crippen LogP contribution in [0.1, 0.15) is 46.0 Å². The minimum Gasteiger partial charge on any atom is -0.339 e. The van der Waals surface area contributed by atoms with Crippen molar-refractivity contribution in [3.05, 3.63) is 0 Å². The van der Waals surface area contributed by atoms with E-state index >= 15 is 0 Å². The van der Waals surface area contributed by atoms with Crippen molar-refractivity contribution in [1.29, 1.82) is 0 Å². The van der Waals surface area contributed by atoms with Crippen molar-refractivity contribution in [2.45, 2.75) is 52.0 Å². The molecule has 1 heterocycles. The largest absolute Gasteiger partial charge is 0.339 e. The zero-order valence-electron chi connectivity index (χ0n) is 10.4. The first-order valence-electron chi connectivity index (χ1n) is 6.48. The topological polar surface area (TPSA) is 20.3 Å². The summed E-state index contributed by atoms with van der Waals surface area (Å²) in [6.45, 7) is 5.42. The fourth-order valence-corrected chi connectivity index (χ4v) is 3.21. The van der Waals surface area contributed by atoms with Crippen LogP contribution in [-0.2, 0) is 4.79 Å². The first-order chi connectivity index (χ1) is 7.58. The molecule has 1 aliphatic heterocycles. The number of hydrogen-bond acceptors (Lipinski definition) is 2. The average molecular weight is 241 g/mol. The summed E-state index contributed by atoms with van der Waals surface area (Å²) in [7, 11) is 0. The molecule has 1 aliphatic carbocycles. The maximum atomic E-state index is 12.3. The molecule has 0 bridgehead atoms. The lowest BCUT2D eigenvalue weighted by Gasteiger charge is -2.29. The quantitative estimate of drug-likeness (QED) is 0.750. The van der Waals surface area contributed by atoms with E-state index < -0.39 is 0 Å². The summed E-state index contributed by atoms with van der Waals surface area (Å²) in [5.74, 6) is 1.85. The fourth-order valence-electron chi connectivity index (χ4n) is 2.79. The third-order valence-electron chi connectivity index (χ3n) is 4.21. The van der Waals surface area contributed by atoms with Gasteiger partial charge >= 0.3 is 0 Å². The molecular weight excluding hydrogens is 218 g/mol. The smallest absolute Gasteiger partial charge is 0.223 e. The molecule has 92 valence electrons. The van der Waals surface area contributed by atoms with Crippen molar-refractivity contribution in [3.63, 3.8) is 0 Å². The van der Waals surface area contributed by atoms with Crippen LogP contribution < -0.4 is 0 Å². The normalized spacial score (nSPS) is 27.5. The molecule has 0 aromatic rings. The Morgan fingerprint density at radius 3 is 2.69 bits per heavy atom. The third kappa shape index (κ3) is 2.39. The molecule has 0 radical (unpaired) electrons. The van der Waals surface area contributed by atoms with Crippen molar-refractivity contribution in [1.82, 2.24) is 4.90 Å². The highest BCUT2D eigenvalue weighted by atomic mass is 32.1. The van der Waals surface area contributed by atoms with Crippen molar-refractivity contribution < 1.29 is 4.79 Å². The van der Waals surface area contributed by atoms with Gasteiger partial charge in [-0.3, -0.25) is 4.79 Å². The lowest BCUT2D eigenvalue weighted by molar-refractivity contribution is -0.133. The maximum absolute atomic E-state index is 12.3. The van der Waals surface area contributed by atoms with E-state index in [1.165, 1.54) is 25.7 Å². The van der Waals surface area contributed by atoms with Crippen LogP contribution in [0.2, 0.25) is 0 Å². The van der Waals surface area contributed by atoms with Crippen molar-refractivity contribution >= 4 is 18.5 Å². The van der Waals surface area contributed by atoms with Gasteiger partial charge in [0.05, 0.1) is 0 Å². The zero-order chi connectivity index (χ0) is 11.8. The second-order valence-electron chi connectivity index (χ2n) is 5.88. The van der Waals surface area contributed by atoms with Gasteiger partial charge in [0.25, 0.3) is 0 Å². The standard InChI is InChI=1S/C13H23NOS/c1-10(2)11-4-3-7-14(11)12(15)8-13(9-16)5-6-13/h10-11,16H,3-9H2,1-2H3. The number of thiol groups is 1. The zero-order valence-corrected chi connectivity index (χ0v) is 11.3. The van der Waals surface area contributed by atoms with E-state index in [0.29, 0.717) is 17.9 Å². The van der Waals surface area contributed by atoms with Gasteiger partial charge < -0.3 is 4.90 Å². The summed E-state index contributed by atoms with van der Waals surface area (Å²) in [4.78, 5) is 14.4. The summed E-state index contributed by atoms with van der Waals surface area (Å²) in [5.41, 5.74) is 0.268. The Bertz CT molecular complexity index is 273. The molecule has 2 aliphatic rings. The predicted molar refractivity (Wildman–Crippen MR) is 69.7 cm³/mol. The highest BCUT2D eigenvalue weighted by molar-refractivity contribution is 7.80. The van der Waals surface area contributed by atoms with E-state index in [0.717, 1.165) is 18.7 Å². The molecule has 1 unspecified atom stereocenters. The van der Waals surface area contributed by atoms with Crippen LogP contribution in [-0.4, -0.2) is 29.1 Å². The second-order valence-corrected chi connectivity index (χ2v) is 6.19. The summed E-state index contributed by atoms with van der Waals surface area (Å²) < 4.78 is 0. The van der Waals surface area contributed by atoms with E-state index in [1.807, 2.05) is 0 Å². The maximum Gasteiger partial charge on any atom is 0.223 e. The SMILES string of the molecule is CC(C)C1CCCN1C(=O)CC1(CS)CC1. The van der Waals surface area contributed by atoms with Crippen LogP contribution in [0.15, 0.2) is 0 Å². The lowest BCUT2D eigenvalue weighted by atomic mass is 10.00. The lowest BCUT2D eigenvalue weighted by Crippen LogP contribution is -2.39. The van der Waals surface area contributed by atoms with Gasteiger partial charge in [0.15, 0.2) is 0 Å². The first-order valence-corrected chi connectivity index (χ1v) is 7.11. The number of amides is 1. The summed E-state index contributed by atoms with van der Waals surface area (Å²) in [6, 6.07) is 0.489. The third-order valence-corrected chi connectivity index (χ3v) is 4.88. The molecule has 0 spiro atoms. The molecule has 3 heteroatoms. The second kappa shape index (κ2) is 4.59. The molecular formula is C13H23NOS. The minimum atomic E-state index is 0.268. The number of carbonyl (C=O) groups is 1. The van der Waals surface area contributed by atoms with Gasteiger partial charge in [0.2, 0.25) is 5.91 Å². The molecule has 2 rings (SSSR count). The monoisotopic (exact) mass is 241 g/mol. The van der Waals surface area contributed by atoms with Crippen molar-refractivity contribution in [2.75, 3.05) is 12.3 Å². The molecule has 1 saturated heterocycles. The Labute approximate surface area is 104 Å². The van der Waals surface area contributed by atoms with Gasteiger partial charge in [-0.2, -0.15) is 12.6 Å². The van der Waals surface area contributed by atoms with E-state index in [4.69, 9.17) is 0 Å². The number of hydrogen-bond donors (Lipinski definition) is 1. The molecule has 1 amide bonds. The van der Waals surface area contributed by atoms with Crippen LogP contribution in [0.4, 0.5) is 0 Å². The first kappa shape index (κ1) is 12.3.